The van der Waals surface area contributed by atoms with E-state index >= 15 is 0 Å². The lowest BCUT2D eigenvalue weighted by Gasteiger charge is -2.23. The lowest BCUT2D eigenvalue weighted by atomic mass is 10.1. The van der Waals surface area contributed by atoms with Crippen LogP contribution in [0.1, 0.15) is 13.3 Å². The maximum Gasteiger partial charge on any atom is 0.329 e. The quantitative estimate of drug-likeness (QED) is 0.773. The van der Waals surface area contributed by atoms with Crippen LogP contribution < -0.4 is 0 Å². The number of rotatable bonds is 3. The first-order chi connectivity index (χ1) is 7.81. The van der Waals surface area contributed by atoms with Gasteiger partial charge in [-0.2, -0.15) is 0 Å². The van der Waals surface area contributed by atoms with Crippen LogP contribution in [-0.2, 0) is 4.74 Å². The van der Waals surface area contributed by atoms with Gasteiger partial charge in [-0.15, -0.1) is 0 Å². The Morgan fingerprint density at radius 1 is 1.69 bits per heavy atom. The third-order valence-electron chi connectivity index (χ3n) is 2.88. The number of imidazole rings is 1. The van der Waals surface area contributed by atoms with Gasteiger partial charge in [0.25, 0.3) is 0 Å². The lowest BCUT2D eigenvalue weighted by Crippen LogP contribution is -2.37. The molecule has 0 N–H and O–H groups in total. The zero-order valence-electron chi connectivity index (χ0n) is 9.50. The molecule has 1 saturated heterocycles. The van der Waals surface area contributed by atoms with Crippen LogP contribution in [0.5, 0.6) is 0 Å². The summed E-state index contributed by atoms with van der Waals surface area (Å²) in [6, 6.07) is -0.00750. The predicted molar refractivity (Wildman–Crippen MR) is 59.2 cm³/mol. The Labute approximate surface area is 95.0 Å². The average Bonchev–Trinajstić information content (AvgIpc) is 2.97. The Morgan fingerprint density at radius 2 is 2.56 bits per heavy atom. The van der Waals surface area contributed by atoms with E-state index in [-0.39, 0.29) is 6.03 Å². The smallest absolute Gasteiger partial charge is 0.329 e. The fourth-order valence-corrected chi connectivity index (χ4v) is 1.92. The highest BCUT2D eigenvalue weighted by Crippen LogP contribution is 2.14. The average molecular weight is 223 g/mol. The van der Waals surface area contributed by atoms with Gasteiger partial charge in [-0.05, 0) is 13.3 Å². The normalized spacial score (nSPS) is 19.9. The minimum absolute atomic E-state index is 0.00750. The molecule has 2 rings (SSSR count). The molecule has 88 valence electrons. The number of ether oxygens (including phenoxy) is 1. The molecule has 0 aromatic carbocycles. The Hall–Kier alpha value is -1.36. The SMILES string of the molecule is CCN(CC1CCOC1)C(=O)n1ccnc1. The molecule has 1 unspecified atom stereocenters. The minimum Gasteiger partial charge on any atom is -0.381 e. The second-order valence-corrected chi connectivity index (χ2v) is 4.02. The maximum atomic E-state index is 12.0. The van der Waals surface area contributed by atoms with Crippen LogP contribution in [0, 0.1) is 5.92 Å². The maximum absolute atomic E-state index is 12.0. The second-order valence-electron chi connectivity index (χ2n) is 4.02. The van der Waals surface area contributed by atoms with E-state index < -0.39 is 0 Å². The van der Waals surface area contributed by atoms with Crippen molar-refractivity contribution in [3.8, 4) is 0 Å². The monoisotopic (exact) mass is 223 g/mol. The van der Waals surface area contributed by atoms with Crippen molar-refractivity contribution >= 4 is 6.03 Å². The standard InChI is InChI=1S/C11H17N3O2/c1-2-13(7-10-3-6-16-8-10)11(15)14-5-4-12-9-14/h4-5,9-10H,2-3,6-8H2,1H3. The van der Waals surface area contributed by atoms with Crippen LogP contribution in [0.3, 0.4) is 0 Å². The van der Waals surface area contributed by atoms with Gasteiger partial charge in [0, 0.05) is 38.0 Å². The Balaban J connectivity index is 1.96. The summed E-state index contributed by atoms with van der Waals surface area (Å²) in [7, 11) is 0. The summed E-state index contributed by atoms with van der Waals surface area (Å²) in [4.78, 5) is 17.7. The van der Waals surface area contributed by atoms with E-state index in [0.29, 0.717) is 12.5 Å². The van der Waals surface area contributed by atoms with Crippen LogP contribution in [0.15, 0.2) is 18.7 Å². The molecule has 1 aliphatic heterocycles. The summed E-state index contributed by atoms with van der Waals surface area (Å²) < 4.78 is 6.83. The number of carbonyl (C=O) groups excluding carboxylic acids is 1. The van der Waals surface area contributed by atoms with E-state index in [2.05, 4.69) is 4.98 Å². The molecule has 1 aromatic rings. The Morgan fingerprint density at radius 3 is 3.12 bits per heavy atom. The molecule has 0 aliphatic carbocycles. The van der Waals surface area contributed by atoms with Gasteiger partial charge in [-0.25, -0.2) is 9.78 Å². The van der Waals surface area contributed by atoms with E-state index in [1.54, 1.807) is 12.4 Å². The largest absolute Gasteiger partial charge is 0.381 e. The van der Waals surface area contributed by atoms with Gasteiger partial charge >= 0.3 is 6.03 Å². The molecule has 1 amide bonds. The predicted octanol–water partition coefficient (Wildman–Crippen LogP) is 1.21. The molecule has 0 bridgehead atoms. The number of nitrogens with zero attached hydrogens (tertiary/aromatic N) is 3. The van der Waals surface area contributed by atoms with Gasteiger partial charge in [0.1, 0.15) is 6.33 Å². The van der Waals surface area contributed by atoms with Crippen molar-refractivity contribution in [1.82, 2.24) is 14.5 Å². The van der Waals surface area contributed by atoms with Crippen LogP contribution >= 0.6 is 0 Å². The summed E-state index contributed by atoms with van der Waals surface area (Å²) in [5.41, 5.74) is 0. The molecule has 1 aliphatic rings. The number of amides is 1. The molecule has 5 nitrogen and oxygen atoms in total. The fraction of sp³-hybridized carbons (Fsp3) is 0.636. The molecular formula is C11H17N3O2. The third-order valence-corrected chi connectivity index (χ3v) is 2.88. The molecule has 0 saturated carbocycles. The molecule has 2 heterocycles. The van der Waals surface area contributed by atoms with E-state index in [4.69, 9.17) is 4.74 Å². The first-order valence-electron chi connectivity index (χ1n) is 5.66. The molecule has 0 spiro atoms. The van der Waals surface area contributed by atoms with Gasteiger partial charge in [-0.3, -0.25) is 4.57 Å². The molecule has 1 fully saturated rings. The van der Waals surface area contributed by atoms with Crippen molar-refractivity contribution in [2.45, 2.75) is 13.3 Å². The van der Waals surface area contributed by atoms with Gasteiger partial charge in [0.05, 0.1) is 6.61 Å². The van der Waals surface area contributed by atoms with E-state index in [0.717, 1.165) is 26.2 Å². The minimum atomic E-state index is -0.00750. The summed E-state index contributed by atoms with van der Waals surface area (Å²) in [5.74, 6) is 0.479. The van der Waals surface area contributed by atoms with Gasteiger partial charge in [-0.1, -0.05) is 0 Å². The topological polar surface area (TPSA) is 47.4 Å². The van der Waals surface area contributed by atoms with Crippen LogP contribution in [-0.4, -0.2) is 46.8 Å². The van der Waals surface area contributed by atoms with Gasteiger partial charge in [0.2, 0.25) is 0 Å². The zero-order chi connectivity index (χ0) is 11.4. The summed E-state index contributed by atoms with van der Waals surface area (Å²) in [6.45, 7) is 5.07. The molecule has 0 radical (unpaired) electrons. The zero-order valence-corrected chi connectivity index (χ0v) is 9.50. The number of hydrogen-bond donors (Lipinski definition) is 0. The Bertz CT molecular complexity index is 331. The van der Waals surface area contributed by atoms with Crippen molar-refractivity contribution in [3.63, 3.8) is 0 Å². The lowest BCUT2D eigenvalue weighted by molar-refractivity contribution is 0.167. The van der Waals surface area contributed by atoms with Crippen molar-refractivity contribution in [2.75, 3.05) is 26.3 Å². The van der Waals surface area contributed by atoms with Crippen LogP contribution in [0.4, 0.5) is 4.79 Å². The molecule has 1 atom stereocenters. The van der Waals surface area contributed by atoms with Crippen LogP contribution in [0.25, 0.3) is 0 Å². The van der Waals surface area contributed by atoms with Gasteiger partial charge in [0.15, 0.2) is 0 Å². The molecule has 1 aromatic heterocycles. The highest BCUT2D eigenvalue weighted by atomic mass is 16.5. The fourth-order valence-electron chi connectivity index (χ4n) is 1.92. The number of carbonyl (C=O) groups is 1. The first kappa shape index (κ1) is 11.1. The van der Waals surface area contributed by atoms with Crippen molar-refractivity contribution in [2.24, 2.45) is 5.92 Å². The Kier molecular flexibility index (Phi) is 3.56. The number of aromatic nitrogens is 2. The summed E-state index contributed by atoms with van der Waals surface area (Å²) in [5, 5.41) is 0. The molecule has 16 heavy (non-hydrogen) atoms. The van der Waals surface area contributed by atoms with E-state index in [1.807, 2.05) is 11.8 Å². The first-order valence-corrected chi connectivity index (χ1v) is 5.66. The van der Waals surface area contributed by atoms with Gasteiger partial charge < -0.3 is 9.64 Å². The molecule has 5 heteroatoms. The van der Waals surface area contributed by atoms with E-state index in [1.165, 1.54) is 10.9 Å². The van der Waals surface area contributed by atoms with Crippen molar-refractivity contribution in [1.29, 1.82) is 0 Å². The summed E-state index contributed by atoms with van der Waals surface area (Å²) in [6.07, 6.45) is 5.88. The second kappa shape index (κ2) is 5.12. The van der Waals surface area contributed by atoms with Crippen LogP contribution in [0.2, 0.25) is 0 Å². The highest BCUT2D eigenvalue weighted by Gasteiger charge is 2.21. The number of hydrogen-bond acceptors (Lipinski definition) is 3. The molecular weight excluding hydrogens is 206 g/mol. The third kappa shape index (κ3) is 2.41. The highest BCUT2D eigenvalue weighted by molar-refractivity contribution is 5.76. The van der Waals surface area contributed by atoms with Crippen molar-refractivity contribution < 1.29 is 9.53 Å². The van der Waals surface area contributed by atoms with Crippen molar-refractivity contribution in [3.05, 3.63) is 18.7 Å². The summed E-state index contributed by atoms with van der Waals surface area (Å²) >= 11 is 0. The van der Waals surface area contributed by atoms with E-state index in [9.17, 15) is 4.79 Å².